The molecule has 2 unspecified atom stereocenters. The number of nitrogens with two attached hydrogens (primary N) is 1. The summed E-state index contributed by atoms with van der Waals surface area (Å²) in [5.74, 6) is -1.83. The number of hydrogen-bond acceptors (Lipinski definition) is 5. The molecule has 7 heteroatoms. The molecule has 15 heavy (non-hydrogen) atoms. The van der Waals surface area contributed by atoms with E-state index in [2.05, 4.69) is 0 Å². The van der Waals surface area contributed by atoms with Gasteiger partial charge < -0.3 is 25.6 Å². The van der Waals surface area contributed by atoms with Crippen LogP contribution >= 0.6 is 0 Å². The molecule has 1 heterocycles. The van der Waals surface area contributed by atoms with E-state index in [4.69, 9.17) is 15.6 Å². The van der Waals surface area contributed by atoms with Crippen LogP contribution in [0.3, 0.4) is 0 Å². The average Bonchev–Trinajstić information content (AvgIpc) is 2.27. The summed E-state index contributed by atoms with van der Waals surface area (Å²) < 4.78 is 5.01. The van der Waals surface area contributed by atoms with Crippen molar-refractivity contribution < 1.29 is 24.5 Å². The highest BCUT2D eigenvalue weighted by Gasteiger charge is 2.32. The summed E-state index contributed by atoms with van der Waals surface area (Å²) in [4.78, 5) is 23.4. The van der Waals surface area contributed by atoms with Crippen LogP contribution in [0.2, 0.25) is 0 Å². The third-order valence-corrected chi connectivity index (χ3v) is 2.17. The van der Waals surface area contributed by atoms with Gasteiger partial charge in [-0.15, -0.1) is 0 Å². The van der Waals surface area contributed by atoms with Crippen LogP contribution in [-0.4, -0.2) is 65.4 Å². The first kappa shape index (κ1) is 11.9. The zero-order chi connectivity index (χ0) is 11.4. The van der Waals surface area contributed by atoms with E-state index in [-0.39, 0.29) is 0 Å². The minimum Gasteiger partial charge on any atom is -0.380 e. The highest BCUT2D eigenvalue weighted by molar-refractivity contribution is 5.89. The number of ether oxygens (including phenoxy) is 1. The third kappa shape index (κ3) is 2.88. The van der Waals surface area contributed by atoms with E-state index in [1.54, 1.807) is 0 Å². The van der Waals surface area contributed by atoms with Gasteiger partial charge in [0, 0.05) is 13.1 Å². The van der Waals surface area contributed by atoms with E-state index in [0.29, 0.717) is 26.3 Å². The van der Waals surface area contributed by atoms with Crippen LogP contribution in [0.4, 0.5) is 0 Å². The molecule has 0 saturated carbocycles. The first-order valence-electron chi connectivity index (χ1n) is 4.56. The van der Waals surface area contributed by atoms with Crippen LogP contribution in [0.5, 0.6) is 0 Å². The van der Waals surface area contributed by atoms with Crippen molar-refractivity contribution in [3.8, 4) is 0 Å². The van der Waals surface area contributed by atoms with E-state index in [9.17, 15) is 14.7 Å². The van der Waals surface area contributed by atoms with Crippen molar-refractivity contribution in [3.63, 3.8) is 0 Å². The van der Waals surface area contributed by atoms with Crippen molar-refractivity contribution in [1.29, 1.82) is 0 Å². The highest BCUT2D eigenvalue weighted by atomic mass is 16.5. The monoisotopic (exact) mass is 218 g/mol. The van der Waals surface area contributed by atoms with Gasteiger partial charge in [-0.25, -0.2) is 0 Å². The molecule has 86 valence electrons. The minimum absolute atomic E-state index is 0.335. The Morgan fingerprint density at radius 1 is 1.20 bits per heavy atom. The van der Waals surface area contributed by atoms with E-state index >= 15 is 0 Å². The number of carbonyl (C=O) groups excluding carboxylic acids is 2. The fourth-order valence-corrected chi connectivity index (χ4v) is 1.26. The first-order chi connectivity index (χ1) is 7.04. The quantitative estimate of drug-likeness (QED) is 0.469. The molecule has 0 aliphatic carbocycles. The molecule has 0 aromatic heterocycles. The topological polar surface area (TPSA) is 113 Å². The lowest BCUT2D eigenvalue weighted by Gasteiger charge is -2.29. The zero-order valence-corrected chi connectivity index (χ0v) is 8.13. The van der Waals surface area contributed by atoms with Crippen LogP contribution in [0.25, 0.3) is 0 Å². The van der Waals surface area contributed by atoms with Gasteiger partial charge in [-0.3, -0.25) is 9.59 Å². The molecule has 4 N–H and O–H groups in total. The van der Waals surface area contributed by atoms with Crippen LogP contribution < -0.4 is 5.73 Å². The molecule has 0 aromatic rings. The number of aliphatic hydroxyl groups excluding tert-OH is 2. The Morgan fingerprint density at radius 3 is 2.20 bits per heavy atom. The molecule has 1 saturated heterocycles. The Labute approximate surface area is 86.4 Å². The number of aliphatic hydroxyl groups is 2. The lowest BCUT2D eigenvalue weighted by molar-refractivity contribution is -0.154. The SMILES string of the molecule is NC(=O)C(O)C(O)C(=O)N1CCOCC1. The van der Waals surface area contributed by atoms with Crippen LogP contribution in [0.15, 0.2) is 0 Å². The Bertz CT molecular complexity index is 251. The summed E-state index contributed by atoms with van der Waals surface area (Å²) in [7, 11) is 0. The van der Waals surface area contributed by atoms with Gasteiger partial charge in [0.1, 0.15) is 0 Å². The van der Waals surface area contributed by atoms with Crippen LogP contribution in [-0.2, 0) is 14.3 Å². The number of carbonyl (C=O) groups is 2. The highest BCUT2D eigenvalue weighted by Crippen LogP contribution is 2.03. The second kappa shape index (κ2) is 5.06. The normalized spacial score (nSPS) is 20.8. The molecule has 2 atom stereocenters. The molecule has 1 aliphatic rings. The molecular formula is C8H14N2O5. The maximum atomic E-state index is 11.5. The van der Waals surface area contributed by atoms with Crippen molar-refractivity contribution in [2.45, 2.75) is 12.2 Å². The summed E-state index contributed by atoms with van der Waals surface area (Å²) in [6.45, 7) is 1.43. The van der Waals surface area contributed by atoms with Crippen LogP contribution in [0.1, 0.15) is 0 Å². The van der Waals surface area contributed by atoms with Crippen molar-refractivity contribution >= 4 is 11.8 Å². The van der Waals surface area contributed by atoms with E-state index in [0.717, 1.165) is 0 Å². The van der Waals surface area contributed by atoms with Crippen LogP contribution in [0, 0.1) is 0 Å². The van der Waals surface area contributed by atoms with Crippen molar-refractivity contribution in [2.75, 3.05) is 26.3 Å². The zero-order valence-electron chi connectivity index (χ0n) is 8.13. The molecule has 0 spiro atoms. The summed E-state index contributed by atoms with van der Waals surface area (Å²) >= 11 is 0. The molecular weight excluding hydrogens is 204 g/mol. The maximum Gasteiger partial charge on any atom is 0.254 e. The lowest BCUT2D eigenvalue weighted by Crippen LogP contribution is -2.52. The van der Waals surface area contributed by atoms with Gasteiger partial charge in [-0.2, -0.15) is 0 Å². The summed E-state index contributed by atoms with van der Waals surface area (Å²) in [5.41, 5.74) is 4.76. The Hall–Kier alpha value is -1.18. The van der Waals surface area contributed by atoms with Gasteiger partial charge >= 0.3 is 0 Å². The number of amides is 2. The molecule has 1 fully saturated rings. The third-order valence-electron chi connectivity index (χ3n) is 2.17. The number of nitrogens with zero attached hydrogens (tertiary/aromatic N) is 1. The number of primary amides is 1. The average molecular weight is 218 g/mol. The van der Waals surface area contributed by atoms with Crippen molar-refractivity contribution in [3.05, 3.63) is 0 Å². The smallest absolute Gasteiger partial charge is 0.254 e. The van der Waals surface area contributed by atoms with Crippen molar-refractivity contribution in [2.24, 2.45) is 5.73 Å². The minimum atomic E-state index is -1.86. The molecule has 0 bridgehead atoms. The Morgan fingerprint density at radius 2 is 1.73 bits per heavy atom. The predicted molar refractivity (Wildman–Crippen MR) is 48.6 cm³/mol. The van der Waals surface area contributed by atoms with Gasteiger partial charge in [0.05, 0.1) is 13.2 Å². The fraction of sp³-hybridized carbons (Fsp3) is 0.750. The van der Waals surface area contributed by atoms with E-state index in [1.165, 1.54) is 4.90 Å². The maximum absolute atomic E-state index is 11.5. The second-order valence-electron chi connectivity index (χ2n) is 3.23. The standard InChI is InChI=1S/C8H14N2O5/c9-7(13)5(11)6(12)8(14)10-1-3-15-4-2-10/h5-6,11-12H,1-4H2,(H2,9,13). The molecule has 0 radical (unpaired) electrons. The molecule has 2 amide bonds. The van der Waals surface area contributed by atoms with Crippen molar-refractivity contribution in [1.82, 2.24) is 4.90 Å². The van der Waals surface area contributed by atoms with Gasteiger partial charge in [0.15, 0.2) is 12.2 Å². The van der Waals surface area contributed by atoms with Gasteiger partial charge in [0.2, 0.25) is 5.91 Å². The number of morpholine rings is 1. The van der Waals surface area contributed by atoms with E-state index in [1.807, 2.05) is 0 Å². The Balaban J connectivity index is 2.54. The fourth-order valence-electron chi connectivity index (χ4n) is 1.26. The first-order valence-corrected chi connectivity index (χ1v) is 4.56. The molecule has 1 aliphatic heterocycles. The van der Waals surface area contributed by atoms with Gasteiger partial charge in [0.25, 0.3) is 5.91 Å². The lowest BCUT2D eigenvalue weighted by atomic mass is 10.1. The molecule has 0 aromatic carbocycles. The Kier molecular flexibility index (Phi) is 4.01. The van der Waals surface area contributed by atoms with Gasteiger partial charge in [-0.05, 0) is 0 Å². The predicted octanol–water partition coefficient (Wildman–Crippen LogP) is -2.95. The summed E-state index contributed by atoms with van der Waals surface area (Å²) in [6, 6.07) is 0. The molecule has 1 rings (SSSR count). The second-order valence-corrected chi connectivity index (χ2v) is 3.23. The number of hydrogen-bond donors (Lipinski definition) is 3. The summed E-state index contributed by atoms with van der Waals surface area (Å²) in [6.07, 6.45) is -3.65. The molecule has 7 nitrogen and oxygen atoms in total. The van der Waals surface area contributed by atoms with E-state index < -0.39 is 24.0 Å². The summed E-state index contributed by atoms with van der Waals surface area (Å²) in [5, 5.41) is 18.4. The number of rotatable bonds is 3. The van der Waals surface area contributed by atoms with Gasteiger partial charge in [-0.1, -0.05) is 0 Å². The largest absolute Gasteiger partial charge is 0.380 e.